The van der Waals surface area contributed by atoms with E-state index in [4.69, 9.17) is 19.3 Å². The first kappa shape index (κ1) is 20.3. The summed E-state index contributed by atoms with van der Waals surface area (Å²) in [5, 5.41) is 11.2. The van der Waals surface area contributed by atoms with Crippen LogP contribution in [-0.4, -0.2) is 87.6 Å². The zero-order valence-electron chi connectivity index (χ0n) is 14.0. The number of carbonyl (C=O) groups excluding carboxylic acids is 2. The van der Waals surface area contributed by atoms with E-state index in [1.807, 2.05) is 0 Å². The van der Waals surface area contributed by atoms with Gasteiger partial charge in [0.15, 0.2) is 0 Å². The molecule has 1 atom stereocenters. The molecule has 0 radical (unpaired) electrons. The summed E-state index contributed by atoms with van der Waals surface area (Å²) >= 11 is 0. The van der Waals surface area contributed by atoms with Crippen LogP contribution in [-0.2, 0) is 28.6 Å². The van der Waals surface area contributed by atoms with Crippen LogP contribution in [0, 0.1) is 5.92 Å². The largest absolute Gasteiger partial charge is 0.481 e. The van der Waals surface area contributed by atoms with E-state index in [2.05, 4.69) is 5.32 Å². The third-order valence-electron chi connectivity index (χ3n) is 3.46. The molecule has 1 fully saturated rings. The number of nitrogens with one attached hydrogen (secondary N) is 1. The van der Waals surface area contributed by atoms with Crippen molar-refractivity contribution in [2.45, 2.75) is 12.8 Å². The van der Waals surface area contributed by atoms with Crippen LogP contribution in [0.5, 0.6) is 0 Å². The van der Waals surface area contributed by atoms with Crippen LogP contribution in [0.1, 0.15) is 12.8 Å². The molecule has 2 amide bonds. The number of hydrogen-bond donors (Lipinski definition) is 2. The summed E-state index contributed by atoms with van der Waals surface area (Å²) in [6.07, 6.45) is 0.256. The Hall–Kier alpha value is -1.71. The van der Waals surface area contributed by atoms with Gasteiger partial charge in [-0.1, -0.05) is 0 Å². The molecule has 0 saturated carbocycles. The Balaban J connectivity index is 1.85. The minimum atomic E-state index is -0.886. The highest BCUT2D eigenvalue weighted by Gasteiger charge is 2.31. The Morgan fingerprint density at radius 1 is 1.12 bits per heavy atom. The van der Waals surface area contributed by atoms with Crippen LogP contribution >= 0.6 is 0 Å². The maximum Gasteiger partial charge on any atom is 0.305 e. The van der Waals surface area contributed by atoms with Gasteiger partial charge in [-0.2, -0.15) is 0 Å². The lowest BCUT2D eigenvalue weighted by atomic mass is 10.1. The topological polar surface area (TPSA) is 114 Å². The highest BCUT2D eigenvalue weighted by Crippen LogP contribution is 2.15. The van der Waals surface area contributed by atoms with Crippen molar-refractivity contribution in [3.05, 3.63) is 0 Å². The fourth-order valence-electron chi connectivity index (χ4n) is 2.13. The first-order valence-corrected chi connectivity index (χ1v) is 7.97. The number of nitrogens with zero attached hydrogens (tertiary/aromatic N) is 1. The van der Waals surface area contributed by atoms with Gasteiger partial charge in [0.1, 0.15) is 0 Å². The van der Waals surface area contributed by atoms with Gasteiger partial charge in [-0.05, 0) is 0 Å². The molecule has 0 aromatic heterocycles. The van der Waals surface area contributed by atoms with E-state index in [0.29, 0.717) is 46.1 Å². The zero-order chi connectivity index (χ0) is 17.8. The lowest BCUT2D eigenvalue weighted by Crippen LogP contribution is -2.34. The van der Waals surface area contributed by atoms with Crippen molar-refractivity contribution in [1.29, 1.82) is 0 Å². The molecule has 0 bridgehead atoms. The standard InChI is InChI=1S/C15H26N2O7/c1-17-11-12(10-13(17)18)15(21)16-3-5-23-7-9-24-8-6-22-4-2-14(19)20/h12H,2-11H2,1H3,(H,16,21)(H,19,20)/t12-/m0/s1. The van der Waals surface area contributed by atoms with Gasteiger partial charge in [0.05, 0.1) is 52.0 Å². The summed E-state index contributed by atoms with van der Waals surface area (Å²) < 4.78 is 15.6. The lowest BCUT2D eigenvalue weighted by Gasteiger charge is -2.11. The van der Waals surface area contributed by atoms with Crippen LogP contribution in [0.2, 0.25) is 0 Å². The van der Waals surface area contributed by atoms with Crippen molar-refractivity contribution in [3.63, 3.8) is 0 Å². The highest BCUT2D eigenvalue weighted by atomic mass is 16.5. The third-order valence-corrected chi connectivity index (χ3v) is 3.46. The molecular weight excluding hydrogens is 320 g/mol. The van der Waals surface area contributed by atoms with Crippen molar-refractivity contribution in [2.75, 3.05) is 59.8 Å². The Bertz CT molecular complexity index is 417. The smallest absolute Gasteiger partial charge is 0.305 e. The predicted octanol–water partition coefficient (Wildman–Crippen LogP) is -0.895. The number of likely N-dealkylation sites (tertiary alicyclic amines) is 1. The van der Waals surface area contributed by atoms with Gasteiger partial charge in [-0.25, -0.2) is 0 Å². The molecule has 1 saturated heterocycles. The van der Waals surface area contributed by atoms with E-state index >= 15 is 0 Å². The van der Waals surface area contributed by atoms with Crippen LogP contribution in [0.25, 0.3) is 0 Å². The first-order chi connectivity index (χ1) is 11.5. The van der Waals surface area contributed by atoms with Gasteiger partial charge < -0.3 is 29.5 Å². The van der Waals surface area contributed by atoms with E-state index in [-0.39, 0.29) is 37.2 Å². The Morgan fingerprint density at radius 2 is 1.71 bits per heavy atom. The maximum absolute atomic E-state index is 11.8. The summed E-state index contributed by atoms with van der Waals surface area (Å²) in [7, 11) is 1.69. The molecule has 1 heterocycles. The number of rotatable bonds is 13. The summed E-state index contributed by atoms with van der Waals surface area (Å²) in [5.41, 5.74) is 0. The molecule has 2 N–H and O–H groups in total. The van der Waals surface area contributed by atoms with Gasteiger partial charge in [-0.3, -0.25) is 14.4 Å². The molecule has 9 heteroatoms. The summed E-state index contributed by atoms with van der Waals surface area (Å²) in [6.45, 7) is 2.94. The summed E-state index contributed by atoms with van der Waals surface area (Å²) in [5.74, 6) is -1.28. The molecule has 1 rings (SSSR count). The fraction of sp³-hybridized carbons (Fsp3) is 0.800. The van der Waals surface area contributed by atoms with E-state index in [1.54, 1.807) is 11.9 Å². The third kappa shape index (κ3) is 8.80. The second kappa shape index (κ2) is 11.8. The van der Waals surface area contributed by atoms with E-state index < -0.39 is 5.97 Å². The van der Waals surface area contributed by atoms with Crippen LogP contribution in [0.4, 0.5) is 0 Å². The molecule has 24 heavy (non-hydrogen) atoms. The Kier molecular flexibility index (Phi) is 9.97. The molecule has 138 valence electrons. The highest BCUT2D eigenvalue weighted by molar-refractivity contribution is 5.89. The fourth-order valence-corrected chi connectivity index (χ4v) is 2.13. The summed E-state index contributed by atoms with van der Waals surface area (Å²) in [4.78, 5) is 35.0. The second-order valence-electron chi connectivity index (χ2n) is 5.45. The molecule has 0 unspecified atom stereocenters. The second-order valence-corrected chi connectivity index (χ2v) is 5.45. The number of carboxylic acids is 1. The molecule has 1 aliphatic rings. The normalized spacial score (nSPS) is 17.3. The summed E-state index contributed by atoms with van der Waals surface area (Å²) in [6, 6.07) is 0. The Labute approximate surface area is 141 Å². The van der Waals surface area contributed by atoms with Crippen molar-refractivity contribution >= 4 is 17.8 Å². The molecule has 0 aromatic carbocycles. The van der Waals surface area contributed by atoms with Gasteiger partial charge in [0.25, 0.3) is 0 Å². The monoisotopic (exact) mass is 346 g/mol. The molecular formula is C15H26N2O7. The molecule has 0 spiro atoms. The average molecular weight is 346 g/mol. The number of hydrogen-bond acceptors (Lipinski definition) is 6. The van der Waals surface area contributed by atoms with Crippen LogP contribution in [0.15, 0.2) is 0 Å². The van der Waals surface area contributed by atoms with Crippen molar-refractivity contribution < 1.29 is 33.7 Å². The van der Waals surface area contributed by atoms with E-state index in [9.17, 15) is 14.4 Å². The minimum Gasteiger partial charge on any atom is -0.481 e. The van der Waals surface area contributed by atoms with Crippen molar-refractivity contribution in [2.24, 2.45) is 5.92 Å². The number of carboxylic acid groups (broad SMARTS) is 1. The molecule has 0 aromatic rings. The Morgan fingerprint density at radius 3 is 2.25 bits per heavy atom. The number of aliphatic carboxylic acids is 1. The number of amides is 2. The van der Waals surface area contributed by atoms with Gasteiger partial charge in [0, 0.05) is 26.6 Å². The average Bonchev–Trinajstić information content (AvgIpc) is 2.87. The van der Waals surface area contributed by atoms with E-state index in [0.717, 1.165) is 0 Å². The number of ether oxygens (including phenoxy) is 3. The van der Waals surface area contributed by atoms with Gasteiger partial charge >= 0.3 is 5.97 Å². The van der Waals surface area contributed by atoms with Gasteiger partial charge in [-0.15, -0.1) is 0 Å². The molecule has 1 aliphatic heterocycles. The first-order valence-electron chi connectivity index (χ1n) is 7.97. The zero-order valence-corrected chi connectivity index (χ0v) is 14.0. The van der Waals surface area contributed by atoms with E-state index in [1.165, 1.54) is 0 Å². The predicted molar refractivity (Wildman–Crippen MR) is 83.5 cm³/mol. The van der Waals surface area contributed by atoms with Crippen LogP contribution < -0.4 is 5.32 Å². The molecule has 9 nitrogen and oxygen atoms in total. The van der Waals surface area contributed by atoms with Crippen molar-refractivity contribution in [3.8, 4) is 0 Å². The lowest BCUT2D eigenvalue weighted by molar-refractivity contribution is -0.138. The number of carbonyl (C=O) groups is 3. The minimum absolute atomic E-state index is 0.00418. The van der Waals surface area contributed by atoms with Crippen molar-refractivity contribution in [1.82, 2.24) is 10.2 Å². The quantitative estimate of drug-likeness (QED) is 0.416. The van der Waals surface area contributed by atoms with Gasteiger partial charge in [0.2, 0.25) is 11.8 Å². The molecule has 0 aliphatic carbocycles. The van der Waals surface area contributed by atoms with Crippen LogP contribution in [0.3, 0.4) is 0 Å². The SMILES string of the molecule is CN1C[C@@H](C(=O)NCCOCCOCCOCCC(=O)O)CC1=O. The maximum atomic E-state index is 11.8.